The Balaban J connectivity index is 3.42. The van der Waals surface area contributed by atoms with Crippen LogP contribution < -0.4 is 0 Å². The zero-order chi connectivity index (χ0) is 10.8. The van der Waals surface area contributed by atoms with Crippen molar-refractivity contribution >= 4 is 5.97 Å². The first-order valence-electron chi connectivity index (χ1n) is 5.18. The molecule has 0 bridgehead atoms. The number of rotatable bonds is 8. The van der Waals surface area contributed by atoms with Crippen molar-refractivity contribution in [3.05, 3.63) is 0 Å². The smallest absolute Gasteiger partial charge is 0.334 e. The highest BCUT2D eigenvalue weighted by molar-refractivity contribution is 5.74. The van der Waals surface area contributed by atoms with Gasteiger partial charge in [-0.05, 0) is 19.3 Å². The molecule has 0 rings (SSSR count). The monoisotopic (exact) mass is 204 g/mol. The van der Waals surface area contributed by atoms with Crippen LogP contribution >= 0.6 is 0 Å². The summed E-state index contributed by atoms with van der Waals surface area (Å²) in [6, 6.07) is 0. The van der Waals surface area contributed by atoms with E-state index in [1.165, 1.54) is 0 Å². The van der Waals surface area contributed by atoms with Gasteiger partial charge in [0.25, 0.3) is 0 Å². The molecule has 1 atom stereocenters. The van der Waals surface area contributed by atoms with Gasteiger partial charge in [-0.15, -0.1) is 0 Å². The third-order valence-electron chi connectivity index (χ3n) is 1.90. The lowest BCUT2D eigenvalue weighted by Crippen LogP contribution is -2.23. The van der Waals surface area contributed by atoms with Gasteiger partial charge in [0.1, 0.15) is 0 Å². The topological polar surface area (TPSA) is 66.8 Å². The van der Waals surface area contributed by atoms with Gasteiger partial charge in [-0.1, -0.05) is 19.8 Å². The molecule has 14 heavy (non-hydrogen) atoms. The summed E-state index contributed by atoms with van der Waals surface area (Å²) in [5, 5.41) is 17.7. The van der Waals surface area contributed by atoms with E-state index in [9.17, 15) is 9.90 Å². The molecule has 0 aromatic rings. The lowest BCUT2D eigenvalue weighted by molar-refractivity contribution is -0.154. The van der Waals surface area contributed by atoms with E-state index in [4.69, 9.17) is 9.84 Å². The molecule has 0 heterocycles. The molecule has 0 spiro atoms. The summed E-state index contributed by atoms with van der Waals surface area (Å²) >= 11 is 0. The summed E-state index contributed by atoms with van der Waals surface area (Å²) in [4.78, 5) is 11.1. The van der Waals surface area contributed by atoms with Gasteiger partial charge in [0, 0.05) is 6.61 Å². The lowest BCUT2D eigenvalue weighted by atomic mass is 10.2. The molecule has 0 aliphatic rings. The van der Waals surface area contributed by atoms with E-state index in [1.807, 2.05) is 6.92 Å². The Morgan fingerprint density at radius 1 is 1.36 bits per heavy atom. The van der Waals surface area contributed by atoms with Gasteiger partial charge < -0.3 is 14.9 Å². The Bertz CT molecular complexity index is 147. The molecule has 2 N–H and O–H groups in total. The fraction of sp³-hybridized carbons (Fsp3) is 0.900. The zero-order valence-corrected chi connectivity index (χ0v) is 8.74. The van der Waals surface area contributed by atoms with Gasteiger partial charge in [-0.3, -0.25) is 0 Å². The Morgan fingerprint density at radius 3 is 2.64 bits per heavy atom. The minimum Gasteiger partial charge on any atom is -0.464 e. The fourth-order valence-electron chi connectivity index (χ4n) is 0.998. The average molecular weight is 204 g/mol. The predicted octanol–water partition coefficient (Wildman–Crippen LogP) is 0.853. The van der Waals surface area contributed by atoms with Crippen LogP contribution in [0.15, 0.2) is 0 Å². The van der Waals surface area contributed by atoms with Crippen molar-refractivity contribution in [3.63, 3.8) is 0 Å². The molecular weight excluding hydrogens is 184 g/mol. The van der Waals surface area contributed by atoms with Crippen molar-refractivity contribution in [1.82, 2.24) is 0 Å². The number of esters is 1. The van der Waals surface area contributed by atoms with Crippen molar-refractivity contribution in [2.45, 2.75) is 45.1 Å². The predicted molar refractivity (Wildman–Crippen MR) is 52.8 cm³/mol. The lowest BCUT2D eigenvalue weighted by Gasteiger charge is -2.09. The van der Waals surface area contributed by atoms with Crippen molar-refractivity contribution in [2.75, 3.05) is 13.2 Å². The maximum Gasteiger partial charge on any atom is 0.334 e. The molecule has 0 saturated heterocycles. The van der Waals surface area contributed by atoms with Gasteiger partial charge in [0.05, 0.1) is 6.61 Å². The van der Waals surface area contributed by atoms with Crippen molar-refractivity contribution in [3.8, 4) is 0 Å². The highest BCUT2D eigenvalue weighted by Crippen LogP contribution is 2.02. The van der Waals surface area contributed by atoms with Crippen LogP contribution in [0.25, 0.3) is 0 Å². The van der Waals surface area contributed by atoms with E-state index in [2.05, 4.69) is 0 Å². The maximum atomic E-state index is 11.1. The van der Waals surface area contributed by atoms with Crippen LogP contribution in [0, 0.1) is 0 Å². The van der Waals surface area contributed by atoms with Gasteiger partial charge in [-0.2, -0.15) is 0 Å². The van der Waals surface area contributed by atoms with E-state index in [0.29, 0.717) is 19.3 Å². The van der Waals surface area contributed by atoms with Crippen LogP contribution in [-0.2, 0) is 9.53 Å². The van der Waals surface area contributed by atoms with Crippen molar-refractivity contribution < 1.29 is 19.7 Å². The number of carbonyl (C=O) groups excluding carboxylic acids is 1. The first kappa shape index (κ1) is 13.4. The molecule has 0 fully saturated rings. The molecule has 4 nitrogen and oxygen atoms in total. The largest absolute Gasteiger partial charge is 0.464 e. The average Bonchev–Trinajstić information content (AvgIpc) is 2.20. The second kappa shape index (κ2) is 8.97. The number of hydrogen-bond acceptors (Lipinski definition) is 4. The molecule has 1 unspecified atom stereocenters. The molecule has 0 aliphatic carbocycles. The molecule has 0 radical (unpaired) electrons. The van der Waals surface area contributed by atoms with Gasteiger partial charge in [-0.25, -0.2) is 4.79 Å². The highest BCUT2D eigenvalue weighted by atomic mass is 16.5. The standard InChI is InChI=1S/C10H20O4/c1-2-3-6-9(12)10(13)14-8-5-4-7-11/h9,11-12H,2-8H2,1H3. The second-order valence-electron chi connectivity index (χ2n) is 3.26. The van der Waals surface area contributed by atoms with E-state index in [-0.39, 0.29) is 13.2 Å². The number of aliphatic hydroxyl groups excluding tert-OH is 2. The summed E-state index contributed by atoms with van der Waals surface area (Å²) < 4.78 is 4.80. The minimum atomic E-state index is -0.982. The van der Waals surface area contributed by atoms with E-state index < -0.39 is 12.1 Å². The molecular formula is C10H20O4. The SMILES string of the molecule is CCCCC(O)C(=O)OCCCCO. The molecule has 4 heteroatoms. The Labute approximate surface area is 84.9 Å². The number of carbonyl (C=O) groups is 1. The van der Waals surface area contributed by atoms with Crippen LogP contribution in [0.4, 0.5) is 0 Å². The summed E-state index contributed by atoms with van der Waals surface area (Å²) in [7, 11) is 0. The van der Waals surface area contributed by atoms with Crippen molar-refractivity contribution in [1.29, 1.82) is 0 Å². The molecule has 0 amide bonds. The van der Waals surface area contributed by atoms with Crippen LogP contribution in [0.1, 0.15) is 39.0 Å². The number of aliphatic hydroxyl groups is 2. The summed E-state index contributed by atoms with van der Waals surface area (Å²) in [6.07, 6.45) is 2.53. The minimum absolute atomic E-state index is 0.107. The number of ether oxygens (including phenoxy) is 1. The molecule has 0 saturated carbocycles. The van der Waals surface area contributed by atoms with Gasteiger partial charge in [0.2, 0.25) is 0 Å². The molecule has 84 valence electrons. The van der Waals surface area contributed by atoms with E-state index in [0.717, 1.165) is 12.8 Å². The van der Waals surface area contributed by atoms with Crippen molar-refractivity contribution in [2.24, 2.45) is 0 Å². The molecule has 0 aliphatic heterocycles. The Hall–Kier alpha value is -0.610. The maximum absolute atomic E-state index is 11.1. The van der Waals surface area contributed by atoms with Crippen LogP contribution in [0.2, 0.25) is 0 Å². The first-order valence-corrected chi connectivity index (χ1v) is 5.18. The summed E-state index contributed by atoms with van der Waals surface area (Å²) in [5.41, 5.74) is 0. The van der Waals surface area contributed by atoms with Gasteiger partial charge in [0.15, 0.2) is 6.10 Å². The second-order valence-corrected chi connectivity index (χ2v) is 3.26. The number of hydrogen-bond donors (Lipinski definition) is 2. The summed E-state index contributed by atoms with van der Waals surface area (Å²) in [6.45, 7) is 2.39. The quantitative estimate of drug-likeness (QED) is 0.454. The van der Waals surface area contributed by atoms with Crippen LogP contribution in [0.3, 0.4) is 0 Å². The normalized spacial score (nSPS) is 12.5. The Morgan fingerprint density at radius 2 is 2.07 bits per heavy atom. The summed E-state index contributed by atoms with van der Waals surface area (Å²) in [5.74, 6) is -0.545. The van der Waals surface area contributed by atoms with E-state index in [1.54, 1.807) is 0 Å². The number of unbranched alkanes of at least 4 members (excludes halogenated alkanes) is 2. The third-order valence-corrected chi connectivity index (χ3v) is 1.90. The first-order chi connectivity index (χ1) is 6.72. The van der Waals surface area contributed by atoms with Gasteiger partial charge >= 0.3 is 5.97 Å². The zero-order valence-electron chi connectivity index (χ0n) is 8.74. The molecule has 0 aromatic carbocycles. The molecule has 0 aromatic heterocycles. The van der Waals surface area contributed by atoms with E-state index >= 15 is 0 Å². The third kappa shape index (κ3) is 6.86. The van der Waals surface area contributed by atoms with Crippen LogP contribution in [-0.4, -0.2) is 35.5 Å². The highest BCUT2D eigenvalue weighted by Gasteiger charge is 2.14. The fourth-order valence-corrected chi connectivity index (χ4v) is 0.998. The van der Waals surface area contributed by atoms with Crippen LogP contribution in [0.5, 0.6) is 0 Å². The Kier molecular flexibility index (Phi) is 8.57.